The van der Waals surface area contributed by atoms with Crippen LogP contribution in [-0.4, -0.2) is 102 Å². The molecule has 342 valence electrons. The van der Waals surface area contributed by atoms with Crippen LogP contribution in [0, 0.1) is 6.08 Å². The number of benzene rings is 5. The van der Waals surface area contributed by atoms with Gasteiger partial charge in [0.1, 0.15) is 31.7 Å². The van der Waals surface area contributed by atoms with Gasteiger partial charge in [-0.05, 0) is 72.1 Å². The molecule has 0 aliphatic carbocycles. The fourth-order valence-corrected chi connectivity index (χ4v) is 8.87. The lowest BCUT2D eigenvalue weighted by atomic mass is 10.1. The Morgan fingerprint density at radius 3 is 1.91 bits per heavy atom. The van der Waals surface area contributed by atoms with Gasteiger partial charge in [-0.1, -0.05) is 18.2 Å². The first kappa shape index (κ1) is 48.1. The number of para-hydroxylation sites is 1. The molecule has 0 aliphatic rings. The quantitative estimate of drug-likeness (QED) is 0.0229. The number of nitrogen functional groups attached to an aromatic ring is 1. The average Bonchev–Trinajstić information content (AvgIpc) is 3.21. The number of aliphatic hydroxyl groups is 1. The summed E-state index contributed by atoms with van der Waals surface area (Å²) in [6.07, 6.45) is -1.23. The monoisotopic (exact) mass is 994 g/mol. The average molecular weight is 995 g/mol. The van der Waals surface area contributed by atoms with Crippen LogP contribution in [0.1, 0.15) is 0 Å². The van der Waals surface area contributed by atoms with Crippen molar-refractivity contribution in [2.75, 3.05) is 40.6 Å². The number of aromatic nitrogens is 3. The molecular weight excluding hydrogens is 964 g/mol. The van der Waals surface area contributed by atoms with Gasteiger partial charge in [-0.15, -0.1) is 15.3 Å². The van der Waals surface area contributed by atoms with E-state index in [0.717, 1.165) is 42.5 Å². The fraction of sp³-hybridized carbons (Fsp3) is 0.114. The van der Waals surface area contributed by atoms with Crippen molar-refractivity contribution in [3.05, 3.63) is 91.0 Å². The normalized spacial score (nSPS) is 12.6. The van der Waals surface area contributed by atoms with E-state index >= 15 is 0 Å². The minimum Gasteiger partial charge on any atom is -0.505 e. The number of phenols is 1. The minimum absolute atomic E-state index is 0.0676. The van der Waals surface area contributed by atoms with Gasteiger partial charge in [-0.3, -0.25) is 18.2 Å². The van der Waals surface area contributed by atoms with E-state index in [-0.39, 0.29) is 30.5 Å². The number of azo groups is 2. The summed E-state index contributed by atoms with van der Waals surface area (Å²) in [6, 6.07) is 16.5. The van der Waals surface area contributed by atoms with Crippen molar-refractivity contribution in [2.45, 2.75) is 19.6 Å². The van der Waals surface area contributed by atoms with Gasteiger partial charge in [0.2, 0.25) is 11.9 Å². The van der Waals surface area contributed by atoms with Crippen LogP contribution in [0.15, 0.2) is 125 Å². The molecule has 30 heteroatoms. The topological polar surface area (TPSA) is 387 Å². The van der Waals surface area contributed by atoms with Crippen molar-refractivity contribution >= 4 is 115 Å². The molecule has 24 nitrogen and oxygen atoms in total. The fourth-order valence-electron chi connectivity index (χ4n) is 5.81. The van der Waals surface area contributed by atoms with E-state index in [4.69, 9.17) is 5.73 Å². The third-order valence-electron chi connectivity index (χ3n) is 8.62. The number of hydrogen-bond acceptors (Lipinski definition) is 21. The van der Waals surface area contributed by atoms with Gasteiger partial charge in [0.05, 0.1) is 28.3 Å². The molecule has 0 radical (unpaired) electrons. The highest BCUT2D eigenvalue weighted by Crippen LogP contribution is 2.48. The Morgan fingerprint density at radius 2 is 1.31 bits per heavy atom. The van der Waals surface area contributed by atoms with Crippen LogP contribution in [0.3, 0.4) is 0 Å². The van der Waals surface area contributed by atoms with E-state index < -0.39 is 111 Å². The molecule has 0 spiro atoms. The number of aliphatic hydroxyl groups excluding tert-OH is 1. The second-order valence-electron chi connectivity index (χ2n) is 13.0. The van der Waals surface area contributed by atoms with Crippen LogP contribution in [0.2, 0.25) is 0 Å². The molecule has 0 unspecified atom stereocenters. The molecule has 1 heterocycles. The number of nitrogens with zero attached hydrogens (tertiary/aromatic N) is 8. The Hall–Kier alpha value is -6.35. The summed E-state index contributed by atoms with van der Waals surface area (Å²) >= 11 is 1.41. The van der Waals surface area contributed by atoms with Gasteiger partial charge in [0, 0.05) is 29.4 Å². The molecule has 0 fully saturated rings. The lowest BCUT2D eigenvalue weighted by molar-refractivity contribution is 0.322. The molecule has 65 heavy (non-hydrogen) atoms. The van der Waals surface area contributed by atoms with Crippen LogP contribution in [0.25, 0.3) is 10.8 Å². The van der Waals surface area contributed by atoms with E-state index in [2.05, 4.69) is 40.7 Å². The standard InChI is InChI=1S/C35H31FN10O14S5/c36-33-39-34(41-35(40-33)46(12-14-61-15-13-47)22-4-2-1-3-5-22)38-21-8-11-25(63(52,53)54)24(18-21)43-45-31-27(65(58,59)60)17-19-16-26(64(55,56)57)30(29(37)28(19)32(31)48)44-42-20-6-9-23(10-7-20)62(49,50)51/h1-11,16-18,47-48H,12-15,37H2,(H,49,50,51)(H,52,53,54)(H,55,56,57)(H,58,59,60)(H,38,39,40,41). The molecule has 0 amide bonds. The van der Waals surface area contributed by atoms with Gasteiger partial charge in [-0.2, -0.15) is 69.9 Å². The molecule has 6 aromatic rings. The van der Waals surface area contributed by atoms with Crippen LogP contribution in [0.4, 0.5) is 56.1 Å². The number of thioether (sulfide) groups is 1. The third kappa shape index (κ3) is 11.5. The first-order chi connectivity index (χ1) is 30.4. The Kier molecular flexibility index (Phi) is 14.1. The summed E-state index contributed by atoms with van der Waals surface area (Å²) in [5, 5.41) is 37.0. The third-order valence-corrected chi connectivity index (χ3v) is 13.1. The lowest BCUT2D eigenvalue weighted by Crippen LogP contribution is -2.24. The number of nitrogens with one attached hydrogen (secondary N) is 1. The van der Waals surface area contributed by atoms with Crippen molar-refractivity contribution in [3.63, 3.8) is 0 Å². The summed E-state index contributed by atoms with van der Waals surface area (Å²) in [7, 11) is -20.5. The Balaban J connectivity index is 1.45. The highest BCUT2D eigenvalue weighted by molar-refractivity contribution is 7.99. The number of rotatable bonds is 17. The molecule has 9 N–H and O–H groups in total. The molecule has 6 rings (SSSR count). The minimum atomic E-state index is -5.44. The smallest absolute Gasteiger partial charge is 0.315 e. The van der Waals surface area contributed by atoms with Crippen LogP contribution in [-0.2, 0) is 40.5 Å². The van der Waals surface area contributed by atoms with Gasteiger partial charge < -0.3 is 26.2 Å². The number of halogens is 1. The number of hydrogen-bond donors (Lipinski definition) is 8. The van der Waals surface area contributed by atoms with Gasteiger partial charge >= 0.3 is 6.08 Å². The Morgan fingerprint density at radius 1 is 0.692 bits per heavy atom. The number of nitrogens with two attached hydrogens (primary N) is 1. The zero-order valence-electron chi connectivity index (χ0n) is 32.4. The number of anilines is 5. The molecule has 0 aliphatic heterocycles. The number of aromatic hydroxyl groups is 1. The second-order valence-corrected chi connectivity index (χ2v) is 19.8. The van der Waals surface area contributed by atoms with Crippen LogP contribution < -0.4 is 16.0 Å². The summed E-state index contributed by atoms with van der Waals surface area (Å²) in [5.41, 5.74) is 2.97. The summed E-state index contributed by atoms with van der Waals surface area (Å²) in [6.45, 7) is 0.190. The van der Waals surface area contributed by atoms with Gasteiger partial charge in [0.25, 0.3) is 40.5 Å². The molecular formula is C35H31FN10O14S5. The second kappa shape index (κ2) is 19.0. The highest BCUT2D eigenvalue weighted by Gasteiger charge is 2.29. The van der Waals surface area contributed by atoms with Gasteiger partial charge in [0.15, 0.2) is 5.75 Å². The lowest BCUT2D eigenvalue weighted by Gasteiger charge is -2.23. The maximum atomic E-state index is 14.9. The zero-order chi connectivity index (χ0) is 47.5. The van der Waals surface area contributed by atoms with E-state index in [0.29, 0.717) is 29.3 Å². The van der Waals surface area contributed by atoms with Crippen molar-refractivity contribution in [2.24, 2.45) is 20.5 Å². The Labute approximate surface area is 371 Å². The van der Waals surface area contributed by atoms with Crippen LogP contribution in [0.5, 0.6) is 5.75 Å². The largest absolute Gasteiger partial charge is 0.505 e. The van der Waals surface area contributed by atoms with E-state index in [1.807, 2.05) is 0 Å². The first-order valence-electron chi connectivity index (χ1n) is 17.7. The van der Waals surface area contributed by atoms with E-state index in [9.17, 15) is 66.5 Å². The number of fused-ring (bicyclic) bond motifs is 1. The molecule has 0 bridgehead atoms. The van der Waals surface area contributed by atoms with E-state index in [1.165, 1.54) is 11.8 Å². The molecule has 0 saturated carbocycles. The molecule has 0 atom stereocenters. The summed E-state index contributed by atoms with van der Waals surface area (Å²) in [4.78, 5) is 9.49. The van der Waals surface area contributed by atoms with Crippen molar-refractivity contribution < 1.29 is 66.5 Å². The SMILES string of the molecule is Nc1c(N=Nc2ccc(S(=O)(=O)O)cc2)c(S(=O)(=O)O)cc2cc(S(=O)(=O)O)c(N=Nc3cc(Nc4nc(F)nc(N(CCSCCO)c5ccccc5)n4)ccc3S(=O)(=O)O)c(O)c12. The number of phenolic OH excluding ortho intramolecular Hbond substituents is 1. The Bertz CT molecular complexity index is 3330. The van der Waals surface area contributed by atoms with E-state index in [1.54, 1.807) is 35.2 Å². The molecule has 1 aromatic heterocycles. The molecule has 0 saturated heterocycles. The summed E-state index contributed by atoms with van der Waals surface area (Å²) < 4.78 is 152. The molecule has 5 aromatic carbocycles. The zero-order valence-corrected chi connectivity index (χ0v) is 36.5. The summed E-state index contributed by atoms with van der Waals surface area (Å²) in [5.74, 6) is -0.909. The predicted molar refractivity (Wildman–Crippen MR) is 231 cm³/mol. The maximum absolute atomic E-state index is 14.9. The highest BCUT2D eigenvalue weighted by atomic mass is 32.2. The van der Waals surface area contributed by atoms with Crippen molar-refractivity contribution in [1.29, 1.82) is 0 Å². The predicted octanol–water partition coefficient (Wildman–Crippen LogP) is 5.88. The van der Waals surface area contributed by atoms with Gasteiger partial charge in [-0.25, -0.2) is 0 Å². The van der Waals surface area contributed by atoms with Crippen molar-refractivity contribution in [3.8, 4) is 5.75 Å². The first-order valence-corrected chi connectivity index (χ1v) is 24.7. The van der Waals surface area contributed by atoms with Crippen molar-refractivity contribution in [1.82, 2.24) is 15.0 Å². The maximum Gasteiger partial charge on any atom is 0.315 e. The van der Waals surface area contributed by atoms with Crippen LogP contribution >= 0.6 is 11.8 Å².